The SMILES string of the molecule is O=C(/C=C/c1ccc(S(=O)(=O)N2CCOCC2)cc1)Nc1nn[nH]n1. The highest BCUT2D eigenvalue weighted by atomic mass is 32.2. The number of ether oxygens (including phenoxy) is 1. The minimum Gasteiger partial charge on any atom is -0.379 e. The van der Waals surface area contributed by atoms with Gasteiger partial charge in [0.15, 0.2) is 0 Å². The number of H-pyrrole nitrogens is 1. The van der Waals surface area contributed by atoms with E-state index in [4.69, 9.17) is 4.74 Å². The topological polar surface area (TPSA) is 130 Å². The monoisotopic (exact) mass is 364 g/mol. The molecule has 0 radical (unpaired) electrons. The maximum absolute atomic E-state index is 12.5. The number of nitrogens with one attached hydrogen (secondary N) is 2. The van der Waals surface area contributed by atoms with Gasteiger partial charge in [0.05, 0.1) is 18.1 Å². The molecule has 1 saturated heterocycles. The molecule has 1 aliphatic heterocycles. The molecule has 1 aromatic heterocycles. The molecule has 132 valence electrons. The van der Waals surface area contributed by atoms with Crippen LogP contribution in [0.1, 0.15) is 5.56 Å². The molecule has 1 amide bonds. The molecule has 2 aromatic rings. The highest BCUT2D eigenvalue weighted by molar-refractivity contribution is 7.89. The Kier molecular flexibility index (Phi) is 5.16. The van der Waals surface area contributed by atoms with Crippen molar-refractivity contribution in [2.24, 2.45) is 0 Å². The molecule has 0 spiro atoms. The number of carbonyl (C=O) groups is 1. The fourth-order valence-electron chi connectivity index (χ4n) is 2.23. The molecule has 11 heteroatoms. The molecule has 1 aromatic carbocycles. The van der Waals surface area contributed by atoms with E-state index in [1.54, 1.807) is 18.2 Å². The smallest absolute Gasteiger partial charge is 0.270 e. The van der Waals surface area contributed by atoms with E-state index in [0.717, 1.165) is 0 Å². The van der Waals surface area contributed by atoms with E-state index in [0.29, 0.717) is 31.9 Å². The van der Waals surface area contributed by atoms with Crippen molar-refractivity contribution in [2.45, 2.75) is 4.90 Å². The number of hydrogen-bond acceptors (Lipinski definition) is 7. The number of anilines is 1. The Bertz CT molecular complexity index is 842. The van der Waals surface area contributed by atoms with Crippen LogP contribution in [0, 0.1) is 0 Å². The van der Waals surface area contributed by atoms with Crippen molar-refractivity contribution in [3.63, 3.8) is 0 Å². The number of rotatable bonds is 5. The lowest BCUT2D eigenvalue weighted by molar-refractivity contribution is -0.111. The van der Waals surface area contributed by atoms with Crippen molar-refractivity contribution in [1.29, 1.82) is 0 Å². The summed E-state index contributed by atoms with van der Waals surface area (Å²) in [6.45, 7) is 1.49. The van der Waals surface area contributed by atoms with Gasteiger partial charge in [0.1, 0.15) is 0 Å². The van der Waals surface area contributed by atoms with Gasteiger partial charge in [-0.25, -0.2) is 8.42 Å². The van der Waals surface area contributed by atoms with E-state index >= 15 is 0 Å². The molecule has 0 atom stereocenters. The van der Waals surface area contributed by atoms with E-state index in [9.17, 15) is 13.2 Å². The van der Waals surface area contributed by atoms with E-state index < -0.39 is 15.9 Å². The highest BCUT2D eigenvalue weighted by Gasteiger charge is 2.25. The minimum absolute atomic E-state index is 0.0709. The molecule has 10 nitrogen and oxygen atoms in total. The zero-order valence-electron chi connectivity index (χ0n) is 13.1. The lowest BCUT2D eigenvalue weighted by atomic mass is 10.2. The Morgan fingerprint density at radius 3 is 2.60 bits per heavy atom. The summed E-state index contributed by atoms with van der Waals surface area (Å²) in [5.41, 5.74) is 0.684. The third kappa shape index (κ3) is 4.26. The van der Waals surface area contributed by atoms with Gasteiger partial charge in [0, 0.05) is 19.2 Å². The average Bonchev–Trinajstić information content (AvgIpc) is 3.14. The molecule has 0 unspecified atom stereocenters. The van der Waals surface area contributed by atoms with Crippen LogP contribution >= 0.6 is 0 Å². The second-order valence-electron chi connectivity index (χ2n) is 5.14. The molecule has 2 N–H and O–H groups in total. The largest absolute Gasteiger partial charge is 0.379 e. The zero-order chi connectivity index (χ0) is 17.7. The summed E-state index contributed by atoms with van der Waals surface area (Å²) in [6, 6.07) is 6.29. The second-order valence-corrected chi connectivity index (χ2v) is 7.08. The molecule has 1 aliphatic rings. The Labute approximate surface area is 143 Å². The normalized spacial score (nSPS) is 16.2. The Balaban J connectivity index is 1.65. The van der Waals surface area contributed by atoms with E-state index in [-0.39, 0.29) is 10.8 Å². The van der Waals surface area contributed by atoms with Gasteiger partial charge < -0.3 is 4.74 Å². The van der Waals surface area contributed by atoms with E-state index in [1.807, 2.05) is 0 Å². The van der Waals surface area contributed by atoms with Crippen molar-refractivity contribution < 1.29 is 17.9 Å². The van der Waals surface area contributed by atoms with Gasteiger partial charge >= 0.3 is 0 Å². The van der Waals surface area contributed by atoms with Crippen molar-refractivity contribution in [2.75, 3.05) is 31.6 Å². The van der Waals surface area contributed by atoms with Crippen molar-refractivity contribution in [3.8, 4) is 0 Å². The molecular formula is C14H16N6O4S. The first-order chi connectivity index (χ1) is 12.1. The van der Waals surface area contributed by atoms with Crippen LogP contribution in [-0.2, 0) is 19.6 Å². The zero-order valence-corrected chi connectivity index (χ0v) is 13.9. The maximum Gasteiger partial charge on any atom is 0.270 e. The van der Waals surface area contributed by atoms with Gasteiger partial charge in [-0.15, -0.1) is 5.10 Å². The number of tetrazole rings is 1. The fourth-order valence-corrected chi connectivity index (χ4v) is 3.63. The molecule has 25 heavy (non-hydrogen) atoms. The van der Waals surface area contributed by atoms with Gasteiger partial charge in [-0.1, -0.05) is 17.2 Å². The molecule has 0 bridgehead atoms. The minimum atomic E-state index is -3.52. The number of aromatic amines is 1. The van der Waals surface area contributed by atoms with Crippen LogP contribution in [0.25, 0.3) is 6.08 Å². The summed E-state index contributed by atoms with van der Waals surface area (Å²) in [5, 5.41) is 15.2. The number of sulfonamides is 1. The Morgan fingerprint density at radius 1 is 1.24 bits per heavy atom. The number of hydrogen-bond donors (Lipinski definition) is 2. The Hall–Kier alpha value is -2.63. The molecule has 3 rings (SSSR count). The molecule has 1 fully saturated rings. The quantitative estimate of drug-likeness (QED) is 0.707. The lowest BCUT2D eigenvalue weighted by Gasteiger charge is -2.26. The summed E-state index contributed by atoms with van der Waals surface area (Å²) in [4.78, 5) is 11.9. The maximum atomic E-state index is 12.5. The van der Waals surface area contributed by atoms with Gasteiger partial charge in [-0.05, 0) is 29.0 Å². The molecule has 2 heterocycles. The lowest BCUT2D eigenvalue weighted by Crippen LogP contribution is -2.40. The van der Waals surface area contributed by atoms with Crippen LogP contribution in [0.3, 0.4) is 0 Å². The predicted molar refractivity (Wildman–Crippen MR) is 87.9 cm³/mol. The standard InChI is InChI=1S/C14H16N6O4S/c21-13(15-14-16-18-19-17-14)6-3-11-1-4-12(5-2-11)25(22,23)20-7-9-24-10-8-20/h1-6H,7-10H2,(H2,15,16,17,18,19,21)/b6-3+. The van der Waals surface area contributed by atoms with Crippen molar-refractivity contribution >= 4 is 28.0 Å². The average molecular weight is 364 g/mol. The van der Waals surface area contributed by atoms with Crippen LogP contribution in [0.2, 0.25) is 0 Å². The first kappa shape index (κ1) is 17.2. The number of carbonyl (C=O) groups excluding carboxylic acids is 1. The van der Waals surface area contributed by atoms with Crippen LogP contribution in [0.5, 0.6) is 0 Å². The van der Waals surface area contributed by atoms with Crippen LogP contribution in [0.4, 0.5) is 5.95 Å². The number of nitrogens with zero attached hydrogens (tertiary/aromatic N) is 4. The second kappa shape index (κ2) is 7.51. The number of morpholine rings is 1. The van der Waals surface area contributed by atoms with Gasteiger partial charge in [-0.2, -0.15) is 9.52 Å². The van der Waals surface area contributed by atoms with Crippen LogP contribution in [0.15, 0.2) is 35.2 Å². The molecule has 0 saturated carbocycles. The first-order valence-corrected chi connectivity index (χ1v) is 8.90. The van der Waals surface area contributed by atoms with Crippen LogP contribution in [-0.4, -0.2) is 65.6 Å². The third-order valence-electron chi connectivity index (χ3n) is 3.50. The third-order valence-corrected chi connectivity index (χ3v) is 5.41. The predicted octanol–water partition coefficient (Wildman–Crippen LogP) is -0.128. The first-order valence-electron chi connectivity index (χ1n) is 7.46. The Morgan fingerprint density at radius 2 is 1.96 bits per heavy atom. The number of aromatic nitrogens is 4. The van der Waals surface area contributed by atoms with E-state index in [2.05, 4.69) is 25.9 Å². The highest BCUT2D eigenvalue weighted by Crippen LogP contribution is 2.18. The summed E-state index contributed by atoms with van der Waals surface area (Å²) < 4.78 is 31.6. The van der Waals surface area contributed by atoms with Gasteiger partial charge in [-0.3, -0.25) is 10.1 Å². The van der Waals surface area contributed by atoms with E-state index in [1.165, 1.54) is 22.5 Å². The van der Waals surface area contributed by atoms with Crippen LogP contribution < -0.4 is 5.32 Å². The summed E-state index contributed by atoms with van der Waals surface area (Å²) in [7, 11) is -3.52. The molecule has 0 aliphatic carbocycles. The summed E-state index contributed by atoms with van der Waals surface area (Å²) in [5.74, 6) is -0.354. The van der Waals surface area contributed by atoms with Gasteiger partial charge in [0.25, 0.3) is 11.9 Å². The molecular weight excluding hydrogens is 348 g/mol. The van der Waals surface area contributed by atoms with Crippen molar-refractivity contribution in [3.05, 3.63) is 35.9 Å². The van der Waals surface area contributed by atoms with Crippen molar-refractivity contribution in [1.82, 2.24) is 24.9 Å². The summed E-state index contributed by atoms with van der Waals surface area (Å²) >= 11 is 0. The number of amides is 1. The van der Waals surface area contributed by atoms with Gasteiger partial charge in [0.2, 0.25) is 10.0 Å². The summed E-state index contributed by atoms with van der Waals surface area (Å²) in [6.07, 6.45) is 2.85. The number of benzene rings is 1. The fraction of sp³-hybridized carbons (Fsp3) is 0.286.